The van der Waals surface area contributed by atoms with E-state index >= 15 is 0 Å². The van der Waals surface area contributed by atoms with Crippen LogP contribution in [0.15, 0.2) is 0 Å². The number of hydrogen-bond donors (Lipinski definition) is 1. The van der Waals surface area contributed by atoms with Crippen molar-refractivity contribution in [3.63, 3.8) is 0 Å². The van der Waals surface area contributed by atoms with Crippen LogP contribution in [0.1, 0.15) is 25.7 Å². The summed E-state index contributed by atoms with van der Waals surface area (Å²) in [5, 5.41) is 8.95. The lowest BCUT2D eigenvalue weighted by Gasteiger charge is -2.32. The average molecular weight is 324 g/mol. The predicted molar refractivity (Wildman–Crippen MR) is 69.9 cm³/mol. The molecule has 9 heteroatoms. The number of rotatable bonds is 5. The highest BCUT2D eigenvalue weighted by atomic mass is 19.4. The number of nitrogens with zero attached hydrogens (tertiary/aromatic N) is 2. The normalized spacial score (nSPS) is 18.9. The zero-order valence-electron chi connectivity index (χ0n) is 12.2. The Labute approximate surface area is 125 Å². The van der Waals surface area contributed by atoms with Crippen LogP contribution >= 0.6 is 0 Å². The van der Waals surface area contributed by atoms with Gasteiger partial charge in [-0.25, -0.2) is 0 Å². The predicted octanol–water partition coefficient (Wildman–Crippen LogP) is 1.11. The topological polar surface area (TPSA) is 77.9 Å². The molecule has 1 aliphatic heterocycles. The van der Waals surface area contributed by atoms with Gasteiger partial charge in [-0.2, -0.15) is 13.2 Å². The highest BCUT2D eigenvalue weighted by Crippen LogP contribution is 2.22. The number of hydrogen-bond acceptors (Lipinski definition) is 3. The lowest BCUT2D eigenvalue weighted by Crippen LogP contribution is -2.47. The third-order valence-corrected chi connectivity index (χ3v) is 3.54. The smallest absolute Gasteiger partial charge is 0.389 e. The molecule has 1 atom stereocenters. The third-order valence-electron chi connectivity index (χ3n) is 3.54. The molecule has 1 fully saturated rings. The Morgan fingerprint density at radius 3 is 2.50 bits per heavy atom. The van der Waals surface area contributed by atoms with Crippen molar-refractivity contribution in [2.75, 3.05) is 26.7 Å². The highest BCUT2D eigenvalue weighted by Gasteiger charge is 2.31. The van der Waals surface area contributed by atoms with Crippen LogP contribution in [0, 0.1) is 5.92 Å². The van der Waals surface area contributed by atoms with E-state index in [0.717, 1.165) is 4.90 Å². The molecule has 6 nitrogen and oxygen atoms in total. The number of carbonyl (C=O) groups is 3. The van der Waals surface area contributed by atoms with E-state index in [-0.39, 0.29) is 13.1 Å². The van der Waals surface area contributed by atoms with Crippen LogP contribution in [0.2, 0.25) is 0 Å². The third kappa shape index (κ3) is 5.90. The molecule has 0 spiro atoms. The van der Waals surface area contributed by atoms with E-state index in [1.165, 1.54) is 11.9 Å². The monoisotopic (exact) mass is 324 g/mol. The zero-order chi connectivity index (χ0) is 16.9. The Bertz CT molecular complexity index is 439. The van der Waals surface area contributed by atoms with Crippen molar-refractivity contribution in [2.45, 2.75) is 31.9 Å². The van der Waals surface area contributed by atoms with Crippen molar-refractivity contribution >= 4 is 17.8 Å². The second kappa shape index (κ2) is 7.46. The SMILES string of the molecule is CN(CC(=O)N1CCCC(C(=O)O)C1)C(=O)CCC(F)(F)F. The maximum atomic E-state index is 12.0. The number of alkyl halides is 3. The van der Waals surface area contributed by atoms with Crippen LogP contribution in [0.4, 0.5) is 13.2 Å². The number of carbonyl (C=O) groups excluding carboxylic acids is 2. The minimum absolute atomic E-state index is 0.0682. The molecule has 0 aromatic rings. The number of likely N-dealkylation sites (tertiary alicyclic amines) is 1. The van der Waals surface area contributed by atoms with Gasteiger partial charge in [-0.3, -0.25) is 14.4 Å². The van der Waals surface area contributed by atoms with Crippen LogP contribution in [0.5, 0.6) is 0 Å². The van der Waals surface area contributed by atoms with Crippen molar-refractivity contribution in [1.29, 1.82) is 0 Å². The Morgan fingerprint density at radius 2 is 1.95 bits per heavy atom. The molecule has 0 aliphatic carbocycles. The first-order valence-electron chi connectivity index (χ1n) is 6.91. The molecule has 22 heavy (non-hydrogen) atoms. The largest absolute Gasteiger partial charge is 0.481 e. The molecule has 0 bridgehead atoms. The van der Waals surface area contributed by atoms with Crippen LogP contribution in [-0.4, -0.2) is 65.5 Å². The number of piperidine rings is 1. The molecule has 1 rings (SSSR count). The van der Waals surface area contributed by atoms with Gasteiger partial charge in [0.25, 0.3) is 0 Å². The molecule has 2 amide bonds. The van der Waals surface area contributed by atoms with Gasteiger partial charge in [0.1, 0.15) is 0 Å². The van der Waals surface area contributed by atoms with E-state index in [1.807, 2.05) is 0 Å². The number of amides is 2. The van der Waals surface area contributed by atoms with Gasteiger partial charge >= 0.3 is 12.1 Å². The summed E-state index contributed by atoms with van der Waals surface area (Å²) in [4.78, 5) is 36.7. The van der Waals surface area contributed by atoms with Gasteiger partial charge < -0.3 is 14.9 Å². The Kier molecular flexibility index (Phi) is 6.19. The summed E-state index contributed by atoms with van der Waals surface area (Å²) in [5.41, 5.74) is 0. The maximum absolute atomic E-state index is 12.0. The second-order valence-corrected chi connectivity index (χ2v) is 5.38. The fourth-order valence-electron chi connectivity index (χ4n) is 2.24. The van der Waals surface area contributed by atoms with Gasteiger partial charge in [-0.05, 0) is 12.8 Å². The molecule has 1 aliphatic rings. The van der Waals surface area contributed by atoms with Crippen molar-refractivity contribution < 1.29 is 32.7 Å². The summed E-state index contributed by atoms with van der Waals surface area (Å²) < 4.78 is 36.1. The van der Waals surface area contributed by atoms with Gasteiger partial charge in [-0.15, -0.1) is 0 Å². The molecule has 126 valence electrons. The minimum Gasteiger partial charge on any atom is -0.481 e. The van der Waals surface area contributed by atoms with Crippen molar-refractivity contribution in [3.05, 3.63) is 0 Å². The summed E-state index contributed by atoms with van der Waals surface area (Å²) in [7, 11) is 1.26. The van der Waals surface area contributed by atoms with E-state index in [4.69, 9.17) is 5.11 Å². The van der Waals surface area contributed by atoms with Gasteiger partial charge in [0.05, 0.1) is 18.9 Å². The highest BCUT2D eigenvalue weighted by molar-refractivity contribution is 5.85. The molecule has 0 aromatic carbocycles. The van der Waals surface area contributed by atoms with Gasteiger partial charge in [-0.1, -0.05) is 0 Å². The quantitative estimate of drug-likeness (QED) is 0.822. The Hall–Kier alpha value is -1.80. The second-order valence-electron chi connectivity index (χ2n) is 5.38. The first kappa shape index (κ1) is 18.2. The fraction of sp³-hybridized carbons (Fsp3) is 0.769. The van der Waals surface area contributed by atoms with Gasteiger partial charge in [0, 0.05) is 26.6 Å². The summed E-state index contributed by atoms with van der Waals surface area (Å²) >= 11 is 0. The van der Waals surface area contributed by atoms with E-state index in [0.29, 0.717) is 19.4 Å². The summed E-state index contributed by atoms with van der Waals surface area (Å²) in [6, 6.07) is 0. The minimum atomic E-state index is -4.41. The van der Waals surface area contributed by atoms with Gasteiger partial charge in [0.2, 0.25) is 11.8 Å². The van der Waals surface area contributed by atoms with E-state index in [2.05, 4.69) is 0 Å². The zero-order valence-corrected chi connectivity index (χ0v) is 12.2. The van der Waals surface area contributed by atoms with E-state index in [1.54, 1.807) is 0 Å². The molecular weight excluding hydrogens is 305 g/mol. The Morgan fingerprint density at radius 1 is 1.32 bits per heavy atom. The lowest BCUT2D eigenvalue weighted by atomic mass is 9.98. The van der Waals surface area contributed by atoms with Crippen LogP contribution in [-0.2, 0) is 14.4 Å². The van der Waals surface area contributed by atoms with Crippen molar-refractivity contribution in [1.82, 2.24) is 9.80 Å². The fourth-order valence-corrected chi connectivity index (χ4v) is 2.24. The number of carboxylic acid groups (broad SMARTS) is 1. The first-order chi connectivity index (χ1) is 10.1. The first-order valence-corrected chi connectivity index (χ1v) is 6.91. The molecule has 1 heterocycles. The molecule has 1 unspecified atom stereocenters. The van der Waals surface area contributed by atoms with Crippen LogP contribution in [0.25, 0.3) is 0 Å². The Balaban J connectivity index is 2.46. The van der Waals surface area contributed by atoms with Crippen LogP contribution < -0.4 is 0 Å². The summed E-state index contributed by atoms with van der Waals surface area (Å²) in [6.45, 7) is 0.120. The van der Waals surface area contributed by atoms with Crippen molar-refractivity contribution in [3.8, 4) is 0 Å². The van der Waals surface area contributed by atoms with E-state index < -0.39 is 42.7 Å². The molecular formula is C13H19F3N2O4. The standard InChI is InChI=1S/C13H19F3N2O4/c1-17(10(19)4-5-13(14,15)16)8-11(20)18-6-2-3-9(7-18)12(21)22/h9H,2-8H2,1H3,(H,21,22). The number of likely N-dealkylation sites (N-methyl/N-ethyl adjacent to an activating group) is 1. The molecule has 0 aromatic heterocycles. The summed E-state index contributed by atoms with van der Waals surface area (Å²) in [6.07, 6.45) is -5.31. The molecule has 1 saturated heterocycles. The van der Waals surface area contributed by atoms with Gasteiger partial charge in [0.15, 0.2) is 0 Å². The lowest BCUT2D eigenvalue weighted by molar-refractivity contribution is -0.151. The molecule has 1 N–H and O–H groups in total. The van der Waals surface area contributed by atoms with Crippen molar-refractivity contribution in [2.24, 2.45) is 5.92 Å². The number of aliphatic carboxylic acids is 1. The molecule has 0 saturated carbocycles. The van der Waals surface area contributed by atoms with E-state index in [9.17, 15) is 27.6 Å². The maximum Gasteiger partial charge on any atom is 0.389 e. The number of halogens is 3. The summed E-state index contributed by atoms with van der Waals surface area (Å²) in [5.74, 6) is -2.83. The number of carboxylic acids is 1. The average Bonchev–Trinajstić information content (AvgIpc) is 2.43. The van der Waals surface area contributed by atoms with Crippen LogP contribution in [0.3, 0.4) is 0 Å². The molecule has 0 radical (unpaired) electrons.